The van der Waals surface area contributed by atoms with Crippen molar-refractivity contribution in [2.75, 3.05) is 5.32 Å². The molecule has 2 N–H and O–H groups in total. The highest BCUT2D eigenvalue weighted by Crippen LogP contribution is 2.26. The van der Waals surface area contributed by atoms with E-state index in [1.54, 1.807) is 18.2 Å². The Morgan fingerprint density at radius 1 is 1.00 bits per heavy atom. The second-order valence-electron chi connectivity index (χ2n) is 6.13. The van der Waals surface area contributed by atoms with Crippen molar-refractivity contribution in [2.24, 2.45) is 5.92 Å². The van der Waals surface area contributed by atoms with E-state index in [-0.39, 0.29) is 18.0 Å². The van der Waals surface area contributed by atoms with E-state index in [0.29, 0.717) is 21.7 Å². The van der Waals surface area contributed by atoms with Gasteiger partial charge in [-0.25, -0.2) is 0 Å². The Balaban J connectivity index is 2.08. The second kappa shape index (κ2) is 8.52. The maximum Gasteiger partial charge on any atom is 0.241 e. The van der Waals surface area contributed by atoms with Crippen molar-refractivity contribution in [1.82, 2.24) is 5.32 Å². The molecule has 0 fully saturated rings. The van der Waals surface area contributed by atoms with Crippen LogP contribution >= 0.6 is 23.2 Å². The number of nitrogens with one attached hydrogen (secondary N) is 2. The van der Waals surface area contributed by atoms with Crippen molar-refractivity contribution in [1.29, 1.82) is 0 Å². The number of carbonyl (C=O) groups excluding carboxylic acids is 1. The highest BCUT2D eigenvalue weighted by atomic mass is 35.5. The molecule has 0 saturated carbocycles. The first-order valence-electron chi connectivity index (χ1n) is 7.95. The number of rotatable bonds is 6. The summed E-state index contributed by atoms with van der Waals surface area (Å²) in [4.78, 5) is 12.5. The molecule has 0 unspecified atom stereocenters. The SMILES string of the molecule is CC(C)[C@@H](N[C@H](C)C(=O)Nc1cc(Cl)ccc1Cl)c1ccccc1. The van der Waals surface area contributed by atoms with E-state index < -0.39 is 0 Å². The number of benzene rings is 2. The quantitative estimate of drug-likeness (QED) is 0.729. The Kier molecular flexibility index (Phi) is 6.67. The third-order valence-corrected chi connectivity index (χ3v) is 4.40. The zero-order valence-corrected chi connectivity index (χ0v) is 15.5. The second-order valence-corrected chi connectivity index (χ2v) is 6.98. The highest BCUT2D eigenvalue weighted by Gasteiger charge is 2.22. The van der Waals surface area contributed by atoms with Crippen molar-refractivity contribution in [3.63, 3.8) is 0 Å². The first-order valence-corrected chi connectivity index (χ1v) is 8.71. The summed E-state index contributed by atoms with van der Waals surface area (Å²) in [6, 6.07) is 14.8. The topological polar surface area (TPSA) is 41.1 Å². The van der Waals surface area contributed by atoms with Crippen LogP contribution in [-0.4, -0.2) is 11.9 Å². The molecule has 3 nitrogen and oxygen atoms in total. The molecule has 1 amide bonds. The molecule has 0 radical (unpaired) electrons. The van der Waals surface area contributed by atoms with E-state index in [9.17, 15) is 4.79 Å². The largest absolute Gasteiger partial charge is 0.323 e. The van der Waals surface area contributed by atoms with Crippen molar-refractivity contribution in [3.8, 4) is 0 Å². The lowest BCUT2D eigenvalue weighted by molar-refractivity contribution is -0.118. The van der Waals surface area contributed by atoms with Gasteiger partial charge in [-0.2, -0.15) is 0 Å². The molecular weight excluding hydrogens is 343 g/mol. The van der Waals surface area contributed by atoms with E-state index in [0.717, 1.165) is 5.56 Å². The third-order valence-electron chi connectivity index (χ3n) is 3.83. The zero-order valence-electron chi connectivity index (χ0n) is 14.0. The highest BCUT2D eigenvalue weighted by molar-refractivity contribution is 6.35. The predicted octanol–water partition coefficient (Wildman–Crippen LogP) is 5.31. The minimum atomic E-state index is -0.382. The van der Waals surface area contributed by atoms with Gasteiger partial charge in [0.2, 0.25) is 5.91 Å². The summed E-state index contributed by atoms with van der Waals surface area (Å²) in [7, 11) is 0. The van der Waals surface area contributed by atoms with E-state index in [1.165, 1.54) is 0 Å². The molecule has 0 spiro atoms. The van der Waals surface area contributed by atoms with Gasteiger partial charge in [0.1, 0.15) is 0 Å². The number of halogens is 2. The molecule has 2 atom stereocenters. The van der Waals surface area contributed by atoms with Crippen LogP contribution in [0.15, 0.2) is 48.5 Å². The molecule has 2 aromatic rings. The average Bonchev–Trinajstić information content (AvgIpc) is 2.56. The molecule has 5 heteroatoms. The smallest absolute Gasteiger partial charge is 0.241 e. The standard InChI is InChI=1S/C19H22Cl2N2O/c1-12(2)18(14-7-5-4-6-8-14)22-13(3)19(24)23-17-11-15(20)9-10-16(17)21/h4-13,18,22H,1-3H3,(H,23,24)/t13-,18-/m1/s1. The Bertz CT molecular complexity index is 689. The van der Waals surface area contributed by atoms with E-state index in [1.807, 2.05) is 25.1 Å². The van der Waals surface area contributed by atoms with Crippen LogP contribution in [0, 0.1) is 5.92 Å². The number of carbonyl (C=O) groups is 1. The summed E-state index contributed by atoms with van der Waals surface area (Å²) in [6.07, 6.45) is 0. The van der Waals surface area contributed by atoms with Crippen LogP contribution in [0.25, 0.3) is 0 Å². The van der Waals surface area contributed by atoms with Gasteiger partial charge in [0.15, 0.2) is 0 Å². The van der Waals surface area contributed by atoms with E-state index in [2.05, 4.69) is 36.6 Å². The van der Waals surface area contributed by atoms with Crippen LogP contribution in [0.5, 0.6) is 0 Å². The van der Waals surface area contributed by atoms with Gasteiger partial charge in [0.05, 0.1) is 16.8 Å². The Labute approximate surface area is 153 Å². The average molecular weight is 365 g/mol. The molecule has 0 bridgehead atoms. The summed E-state index contributed by atoms with van der Waals surface area (Å²) in [5, 5.41) is 7.22. The number of anilines is 1. The molecule has 0 aliphatic heterocycles. The number of hydrogen-bond donors (Lipinski definition) is 2. The fourth-order valence-electron chi connectivity index (χ4n) is 2.51. The van der Waals surface area contributed by atoms with Gasteiger partial charge in [-0.1, -0.05) is 67.4 Å². The molecule has 128 valence electrons. The maximum absolute atomic E-state index is 12.5. The lowest BCUT2D eigenvalue weighted by Crippen LogP contribution is -2.41. The molecule has 2 aromatic carbocycles. The molecule has 2 rings (SSSR count). The number of amides is 1. The summed E-state index contributed by atoms with van der Waals surface area (Å²) < 4.78 is 0. The summed E-state index contributed by atoms with van der Waals surface area (Å²) in [6.45, 7) is 6.10. The van der Waals surface area contributed by atoms with E-state index in [4.69, 9.17) is 23.2 Å². The van der Waals surface area contributed by atoms with Gasteiger partial charge in [-0.05, 0) is 36.6 Å². The summed E-state index contributed by atoms with van der Waals surface area (Å²) in [5.41, 5.74) is 1.68. The molecule has 0 aliphatic carbocycles. The molecular formula is C19H22Cl2N2O. The van der Waals surface area contributed by atoms with Crippen LogP contribution in [0.1, 0.15) is 32.4 Å². The van der Waals surface area contributed by atoms with Crippen LogP contribution < -0.4 is 10.6 Å². The molecule has 0 saturated heterocycles. The summed E-state index contributed by atoms with van der Waals surface area (Å²) in [5.74, 6) is 0.193. The maximum atomic E-state index is 12.5. The van der Waals surface area contributed by atoms with Crippen molar-refractivity contribution < 1.29 is 4.79 Å². The van der Waals surface area contributed by atoms with Crippen molar-refractivity contribution >= 4 is 34.8 Å². The minimum Gasteiger partial charge on any atom is -0.323 e. The van der Waals surface area contributed by atoms with Crippen LogP contribution in [0.3, 0.4) is 0 Å². The van der Waals surface area contributed by atoms with Gasteiger partial charge in [-0.3, -0.25) is 10.1 Å². The molecule has 0 aliphatic rings. The normalized spacial score (nSPS) is 13.6. The molecule has 0 aromatic heterocycles. The Morgan fingerprint density at radius 3 is 2.29 bits per heavy atom. The van der Waals surface area contributed by atoms with Gasteiger partial charge in [0, 0.05) is 11.1 Å². The fourth-order valence-corrected chi connectivity index (χ4v) is 2.85. The van der Waals surface area contributed by atoms with Crippen molar-refractivity contribution in [3.05, 3.63) is 64.1 Å². The van der Waals surface area contributed by atoms with Crippen molar-refractivity contribution in [2.45, 2.75) is 32.9 Å². The van der Waals surface area contributed by atoms with Gasteiger partial charge < -0.3 is 5.32 Å². The first kappa shape index (κ1) is 18.8. The first-order chi connectivity index (χ1) is 11.4. The van der Waals surface area contributed by atoms with Gasteiger partial charge >= 0.3 is 0 Å². The van der Waals surface area contributed by atoms with E-state index >= 15 is 0 Å². The lowest BCUT2D eigenvalue weighted by atomic mass is 9.95. The van der Waals surface area contributed by atoms with Crippen LogP contribution in [-0.2, 0) is 4.79 Å². The zero-order chi connectivity index (χ0) is 17.7. The monoisotopic (exact) mass is 364 g/mol. The Morgan fingerprint density at radius 2 is 1.67 bits per heavy atom. The third kappa shape index (κ3) is 4.97. The number of hydrogen-bond acceptors (Lipinski definition) is 2. The molecule has 0 heterocycles. The Hall–Kier alpha value is -1.55. The van der Waals surface area contributed by atoms with Crippen LogP contribution in [0.4, 0.5) is 5.69 Å². The fraction of sp³-hybridized carbons (Fsp3) is 0.316. The predicted molar refractivity (Wildman–Crippen MR) is 102 cm³/mol. The van der Waals surface area contributed by atoms with Gasteiger partial charge in [0.25, 0.3) is 0 Å². The van der Waals surface area contributed by atoms with Crippen LogP contribution in [0.2, 0.25) is 10.0 Å². The summed E-state index contributed by atoms with van der Waals surface area (Å²) >= 11 is 12.1. The van der Waals surface area contributed by atoms with Gasteiger partial charge in [-0.15, -0.1) is 0 Å². The minimum absolute atomic E-state index is 0.0850. The molecule has 24 heavy (non-hydrogen) atoms. The lowest BCUT2D eigenvalue weighted by Gasteiger charge is -2.26.